The average molecular weight is 1050 g/mol. The molecule has 0 aromatic carbocycles. The standard InChI is InChI=1S/2C15H19N7O2.2F6P.Ru/c2*23-8-2-6-21-10-14(17-19-21)12-4-1-5-13(16-12)15-11-22(20-18-15)7-3-9-24;2*1-7(2,3,4,5)6;/h2*1,4-5,10-11,23-24H,2-3,6-9H2;;;/q;;2*-1;+2. The van der Waals surface area contributed by atoms with E-state index >= 15 is 0 Å². The van der Waals surface area contributed by atoms with E-state index < -0.39 is 15.6 Å². The van der Waals surface area contributed by atoms with Crippen molar-refractivity contribution in [2.75, 3.05) is 26.4 Å². The average Bonchev–Trinajstić information content (AvgIpc) is 4.00. The molecule has 33 heteroatoms. The Balaban J connectivity index is 0.000000330. The van der Waals surface area contributed by atoms with Crippen LogP contribution in [0.4, 0.5) is 50.4 Å². The fourth-order valence-corrected chi connectivity index (χ4v) is 4.47. The molecule has 0 saturated heterocycles. The Labute approximate surface area is 360 Å². The van der Waals surface area contributed by atoms with Crippen LogP contribution in [-0.4, -0.2) is 117 Å². The van der Waals surface area contributed by atoms with Crippen LogP contribution in [0.3, 0.4) is 0 Å². The summed E-state index contributed by atoms with van der Waals surface area (Å²) < 4.78 is 125. The summed E-state index contributed by atoms with van der Waals surface area (Å²) in [6.07, 6.45) is 9.75. The van der Waals surface area contributed by atoms with Gasteiger partial charge in [-0.15, -0.1) is 20.4 Å². The molecule has 18 nitrogen and oxygen atoms in total. The molecule has 0 amide bonds. The van der Waals surface area contributed by atoms with Gasteiger partial charge in [0.1, 0.15) is 22.8 Å². The van der Waals surface area contributed by atoms with Crippen molar-refractivity contribution in [2.24, 2.45) is 0 Å². The normalized spacial score (nSPS) is 13.6. The first-order chi connectivity index (χ1) is 28.5. The molecule has 0 fully saturated rings. The maximum absolute atomic E-state index is 10.7. The van der Waals surface area contributed by atoms with Crippen LogP contribution in [0, 0.1) is 0 Å². The largest absolute Gasteiger partial charge is 2.00 e. The molecule has 0 aliphatic rings. The minimum atomic E-state index is -10.7. The monoisotopic (exact) mass is 1050 g/mol. The molecule has 0 atom stereocenters. The molecule has 6 rings (SSSR count). The molecule has 0 radical (unpaired) electrons. The molecule has 0 aliphatic heterocycles. The molecule has 0 bridgehead atoms. The van der Waals surface area contributed by atoms with Crippen LogP contribution >= 0.6 is 15.6 Å². The van der Waals surface area contributed by atoms with Gasteiger partial charge in [0, 0.05) is 52.6 Å². The van der Waals surface area contributed by atoms with Crippen molar-refractivity contribution in [3.63, 3.8) is 0 Å². The van der Waals surface area contributed by atoms with E-state index in [0.29, 0.717) is 97.4 Å². The molecule has 6 aromatic rings. The van der Waals surface area contributed by atoms with E-state index in [9.17, 15) is 50.4 Å². The first-order valence-electron chi connectivity index (χ1n) is 17.6. The zero-order chi connectivity index (χ0) is 46.4. The molecule has 0 spiro atoms. The number of rotatable bonds is 16. The Kier molecular flexibility index (Phi) is 18.1. The van der Waals surface area contributed by atoms with Gasteiger partial charge in [-0.05, 0) is 49.9 Å². The van der Waals surface area contributed by atoms with Gasteiger partial charge in [0.25, 0.3) is 0 Å². The number of hydrogen-bond donors (Lipinski definition) is 4. The molecule has 6 heterocycles. The number of pyridine rings is 2. The van der Waals surface area contributed by atoms with Crippen LogP contribution in [0.15, 0.2) is 61.2 Å². The van der Waals surface area contributed by atoms with Crippen molar-refractivity contribution in [1.82, 2.24) is 69.9 Å². The van der Waals surface area contributed by atoms with Gasteiger partial charge in [-0.25, -0.2) is 9.97 Å². The van der Waals surface area contributed by atoms with Crippen molar-refractivity contribution >= 4 is 15.6 Å². The number of nitrogens with zero attached hydrogens (tertiary/aromatic N) is 14. The number of aliphatic hydroxyl groups excluding tert-OH is 4. The van der Waals surface area contributed by atoms with E-state index in [1.54, 1.807) is 43.5 Å². The maximum atomic E-state index is 9.87. The second kappa shape index (κ2) is 20.9. The van der Waals surface area contributed by atoms with Crippen LogP contribution in [0.2, 0.25) is 0 Å². The minimum absolute atomic E-state index is 0. The number of hydrogen-bond acceptors (Lipinski definition) is 14. The Hall–Kier alpha value is -4.66. The van der Waals surface area contributed by atoms with Crippen molar-refractivity contribution in [3.05, 3.63) is 61.2 Å². The second-order valence-electron chi connectivity index (χ2n) is 12.5. The summed E-state index contributed by atoms with van der Waals surface area (Å²) in [5.41, 5.74) is 5.48. The van der Waals surface area contributed by atoms with Gasteiger partial charge >= 0.3 is 85.5 Å². The summed E-state index contributed by atoms with van der Waals surface area (Å²) in [6.45, 7) is 2.93. The smallest absolute Gasteiger partial charge is 0.396 e. The first kappa shape index (κ1) is 54.5. The van der Waals surface area contributed by atoms with Crippen molar-refractivity contribution in [1.29, 1.82) is 0 Å². The van der Waals surface area contributed by atoms with Crippen LogP contribution in [0.25, 0.3) is 45.6 Å². The zero-order valence-electron chi connectivity index (χ0n) is 32.1. The number of aromatic nitrogens is 14. The van der Waals surface area contributed by atoms with Gasteiger partial charge in [-0.2, -0.15) is 0 Å². The van der Waals surface area contributed by atoms with E-state index in [0.717, 1.165) is 0 Å². The molecule has 63 heavy (non-hydrogen) atoms. The van der Waals surface area contributed by atoms with E-state index in [-0.39, 0.29) is 45.9 Å². The summed E-state index contributed by atoms with van der Waals surface area (Å²) in [4.78, 5) is 9.14. The fourth-order valence-electron chi connectivity index (χ4n) is 4.47. The van der Waals surface area contributed by atoms with Gasteiger partial charge < -0.3 is 20.4 Å². The number of halogens is 12. The van der Waals surface area contributed by atoms with Crippen molar-refractivity contribution in [2.45, 2.75) is 51.9 Å². The third-order valence-corrected chi connectivity index (χ3v) is 6.88. The third kappa shape index (κ3) is 25.3. The molecule has 6 aromatic heterocycles. The maximum Gasteiger partial charge on any atom is 2.00 e. The Morgan fingerprint density at radius 1 is 0.365 bits per heavy atom. The molecule has 0 aliphatic carbocycles. The minimum Gasteiger partial charge on any atom is -0.396 e. The molecule has 0 saturated carbocycles. The SMILES string of the molecule is F[P-](F)(F)(F)(F)F.F[P-](F)(F)(F)(F)F.OCCCn1cc(-c2cccc(-c3cn(CCCO)nn3)n2)nn1.OCCCn1cc(-c2cccc(-c3cn(CCCO)nn3)n2)nn1.[Ru+2]. The van der Waals surface area contributed by atoms with E-state index in [1.165, 1.54) is 0 Å². The molecular weight excluding hydrogens is 1010 g/mol. The summed E-state index contributed by atoms with van der Waals surface area (Å²) in [7, 11) is -21.3. The summed E-state index contributed by atoms with van der Waals surface area (Å²) >= 11 is 0. The molecule has 0 unspecified atom stereocenters. The van der Waals surface area contributed by atoms with Gasteiger partial charge in [-0.3, -0.25) is 18.7 Å². The molecule has 354 valence electrons. The van der Waals surface area contributed by atoms with Gasteiger partial charge in [-0.1, -0.05) is 33.0 Å². The summed E-state index contributed by atoms with van der Waals surface area (Å²) in [6, 6.07) is 11.2. The molecule has 4 N–H and O–H groups in total. The second-order valence-corrected chi connectivity index (χ2v) is 16.3. The Morgan fingerprint density at radius 3 is 0.730 bits per heavy atom. The van der Waals surface area contributed by atoms with Crippen LogP contribution in [-0.2, 0) is 45.7 Å². The van der Waals surface area contributed by atoms with Crippen LogP contribution in [0.5, 0.6) is 0 Å². The quantitative estimate of drug-likeness (QED) is 0.0418. The van der Waals surface area contributed by atoms with Crippen LogP contribution in [0.1, 0.15) is 25.7 Å². The number of aryl methyl sites for hydroxylation is 4. The third-order valence-electron chi connectivity index (χ3n) is 6.88. The van der Waals surface area contributed by atoms with Gasteiger partial charge in [0.2, 0.25) is 0 Å². The van der Waals surface area contributed by atoms with Crippen LogP contribution < -0.4 is 0 Å². The first-order valence-corrected chi connectivity index (χ1v) is 21.7. The van der Waals surface area contributed by atoms with E-state index in [2.05, 4.69) is 51.2 Å². The predicted octanol–water partition coefficient (Wildman–Crippen LogP) is 7.49. The van der Waals surface area contributed by atoms with Gasteiger partial charge in [0.15, 0.2) is 0 Å². The number of aliphatic hydroxyl groups is 4. The zero-order valence-corrected chi connectivity index (χ0v) is 35.6. The molecular formula is C30H38F12N14O4P2Ru. The van der Waals surface area contributed by atoms with E-state index in [1.807, 2.05) is 36.4 Å². The fraction of sp³-hybridized carbons (Fsp3) is 0.400. The van der Waals surface area contributed by atoms with Gasteiger partial charge in [0.05, 0.1) is 47.6 Å². The Bertz CT molecular complexity index is 2010. The summed E-state index contributed by atoms with van der Waals surface area (Å²) in [5.74, 6) is 0. The topological polar surface area (TPSA) is 230 Å². The Morgan fingerprint density at radius 2 is 0.556 bits per heavy atom. The van der Waals surface area contributed by atoms with Crippen molar-refractivity contribution in [3.8, 4) is 45.6 Å². The van der Waals surface area contributed by atoms with Crippen molar-refractivity contribution < 1.29 is 90.3 Å². The van der Waals surface area contributed by atoms with E-state index in [4.69, 9.17) is 20.4 Å². The summed E-state index contributed by atoms with van der Waals surface area (Å²) in [5, 5.41) is 68.1. The predicted molar refractivity (Wildman–Crippen MR) is 198 cm³/mol.